The Labute approximate surface area is 187 Å². The highest BCUT2D eigenvalue weighted by atomic mass is 32.2. The van der Waals surface area contributed by atoms with E-state index in [1.165, 1.54) is 28.6 Å². The minimum Gasteiger partial charge on any atom is -0.483 e. The normalized spacial score (nSPS) is 11.3. The summed E-state index contributed by atoms with van der Waals surface area (Å²) < 4.78 is 32.2. The molecule has 0 unspecified atom stereocenters. The summed E-state index contributed by atoms with van der Waals surface area (Å²) in [5, 5.41) is 1.86. The fraction of sp³-hybridized carbons (Fsp3) is 0.217. The molecule has 0 saturated carbocycles. The van der Waals surface area contributed by atoms with Crippen LogP contribution >= 0.6 is 0 Å². The lowest BCUT2D eigenvalue weighted by atomic mass is 10.1. The number of hydrazine groups is 1. The van der Waals surface area contributed by atoms with Gasteiger partial charge in [-0.15, -0.1) is 0 Å². The lowest BCUT2D eigenvalue weighted by Crippen LogP contribution is -2.43. The quantitative estimate of drug-likeness (QED) is 0.508. The third kappa shape index (κ3) is 5.24. The molecule has 0 aliphatic carbocycles. The molecule has 168 valence electrons. The van der Waals surface area contributed by atoms with E-state index in [0.29, 0.717) is 18.8 Å². The monoisotopic (exact) mass is 455 g/mol. The minimum absolute atomic E-state index is 0.0134. The number of nitrogens with one attached hydrogen (secondary N) is 2. The molecule has 3 aromatic carbocycles. The van der Waals surface area contributed by atoms with Crippen LogP contribution in [0.15, 0.2) is 71.6 Å². The molecule has 2 N–H and O–H groups in total. The molecule has 0 bridgehead atoms. The molecular formula is C23H25N3O5S. The molecule has 0 spiro atoms. The second kappa shape index (κ2) is 10.3. The van der Waals surface area contributed by atoms with Gasteiger partial charge in [0, 0.05) is 24.0 Å². The van der Waals surface area contributed by atoms with E-state index in [1.807, 2.05) is 36.4 Å². The maximum absolute atomic E-state index is 12.7. The third-order valence-electron chi connectivity index (χ3n) is 4.86. The van der Waals surface area contributed by atoms with Crippen LogP contribution in [0.5, 0.6) is 5.75 Å². The van der Waals surface area contributed by atoms with E-state index in [1.54, 1.807) is 19.9 Å². The summed E-state index contributed by atoms with van der Waals surface area (Å²) in [6.45, 7) is 3.83. The smallest absolute Gasteiger partial charge is 0.276 e. The molecule has 0 atom stereocenters. The molecule has 0 saturated heterocycles. The van der Waals surface area contributed by atoms with Crippen molar-refractivity contribution in [2.24, 2.45) is 0 Å². The van der Waals surface area contributed by atoms with Crippen molar-refractivity contribution in [2.75, 3.05) is 19.7 Å². The van der Waals surface area contributed by atoms with E-state index < -0.39 is 21.8 Å². The highest BCUT2D eigenvalue weighted by molar-refractivity contribution is 7.89. The highest BCUT2D eigenvalue weighted by Gasteiger charge is 2.22. The van der Waals surface area contributed by atoms with Gasteiger partial charge in [0.25, 0.3) is 11.8 Å². The van der Waals surface area contributed by atoms with Crippen LogP contribution in [-0.4, -0.2) is 44.2 Å². The van der Waals surface area contributed by atoms with Gasteiger partial charge in [-0.2, -0.15) is 4.31 Å². The van der Waals surface area contributed by atoms with E-state index in [-0.39, 0.29) is 17.1 Å². The second-order valence-corrected chi connectivity index (χ2v) is 8.82. The van der Waals surface area contributed by atoms with E-state index in [9.17, 15) is 18.0 Å². The van der Waals surface area contributed by atoms with Crippen molar-refractivity contribution in [2.45, 2.75) is 18.7 Å². The SMILES string of the molecule is CCN(CC)S(=O)(=O)c1cccc(C(=O)NNC(=O)COc2cccc3ccccc23)c1. The van der Waals surface area contributed by atoms with Crippen molar-refractivity contribution in [3.05, 3.63) is 72.3 Å². The fourth-order valence-electron chi connectivity index (χ4n) is 3.21. The van der Waals surface area contributed by atoms with Crippen LogP contribution in [-0.2, 0) is 14.8 Å². The number of ether oxygens (including phenoxy) is 1. The van der Waals surface area contributed by atoms with Crippen molar-refractivity contribution in [3.63, 3.8) is 0 Å². The first-order chi connectivity index (χ1) is 15.4. The van der Waals surface area contributed by atoms with Gasteiger partial charge in [-0.1, -0.05) is 56.3 Å². The molecule has 32 heavy (non-hydrogen) atoms. The fourth-order valence-corrected chi connectivity index (χ4v) is 4.71. The summed E-state index contributed by atoms with van der Waals surface area (Å²) in [5.74, 6) is -0.641. The number of rotatable bonds is 8. The summed E-state index contributed by atoms with van der Waals surface area (Å²) in [7, 11) is -3.70. The maximum atomic E-state index is 12.7. The number of sulfonamides is 1. The van der Waals surface area contributed by atoms with Crippen molar-refractivity contribution in [1.82, 2.24) is 15.2 Å². The summed E-state index contributed by atoms with van der Waals surface area (Å²) in [4.78, 5) is 24.6. The zero-order valence-electron chi connectivity index (χ0n) is 17.9. The Morgan fingerprint density at radius 2 is 1.59 bits per heavy atom. The summed E-state index contributed by atoms with van der Waals surface area (Å²) in [5.41, 5.74) is 4.67. The highest BCUT2D eigenvalue weighted by Crippen LogP contribution is 2.25. The molecule has 0 radical (unpaired) electrons. The van der Waals surface area contributed by atoms with Gasteiger partial charge >= 0.3 is 0 Å². The Bertz CT molecular complexity index is 1220. The van der Waals surface area contributed by atoms with Gasteiger partial charge in [-0.3, -0.25) is 20.4 Å². The summed E-state index contributed by atoms with van der Waals surface area (Å²) >= 11 is 0. The van der Waals surface area contributed by atoms with Crippen LogP contribution < -0.4 is 15.6 Å². The summed E-state index contributed by atoms with van der Waals surface area (Å²) in [6, 6.07) is 18.8. The second-order valence-electron chi connectivity index (χ2n) is 6.89. The van der Waals surface area contributed by atoms with Crippen molar-refractivity contribution < 1.29 is 22.7 Å². The van der Waals surface area contributed by atoms with Crippen molar-refractivity contribution >= 4 is 32.6 Å². The van der Waals surface area contributed by atoms with Gasteiger partial charge in [-0.25, -0.2) is 8.42 Å². The Balaban J connectivity index is 1.60. The number of fused-ring (bicyclic) bond motifs is 1. The molecule has 0 aliphatic rings. The first-order valence-corrected chi connectivity index (χ1v) is 11.6. The van der Waals surface area contributed by atoms with Gasteiger partial charge in [-0.05, 0) is 29.7 Å². The van der Waals surface area contributed by atoms with E-state index in [4.69, 9.17) is 4.74 Å². The average molecular weight is 456 g/mol. The molecule has 8 nitrogen and oxygen atoms in total. The number of carbonyl (C=O) groups excluding carboxylic acids is 2. The Morgan fingerprint density at radius 3 is 2.34 bits per heavy atom. The molecule has 0 aromatic heterocycles. The zero-order chi connectivity index (χ0) is 23.1. The third-order valence-corrected chi connectivity index (χ3v) is 6.91. The van der Waals surface area contributed by atoms with Crippen LogP contribution in [0.2, 0.25) is 0 Å². The topological polar surface area (TPSA) is 105 Å². The van der Waals surface area contributed by atoms with Crippen LogP contribution in [0.4, 0.5) is 0 Å². The number of amides is 2. The Hall–Kier alpha value is -3.43. The standard InChI is InChI=1S/C23H25N3O5S/c1-3-26(4-2)32(29,30)19-12-7-11-18(15-19)23(28)25-24-22(27)16-31-21-14-8-10-17-9-5-6-13-20(17)21/h5-15H,3-4,16H2,1-2H3,(H,24,27)(H,25,28). The van der Waals surface area contributed by atoms with Gasteiger partial charge in [0.05, 0.1) is 4.90 Å². The van der Waals surface area contributed by atoms with E-state index in [0.717, 1.165) is 10.8 Å². The molecule has 9 heteroatoms. The molecule has 2 amide bonds. The lowest BCUT2D eigenvalue weighted by molar-refractivity contribution is -0.123. The van der Waals surface area contributed by atoms with Crippen LogP contribution in [0.3, 0.4) is 0 Å². The molecule has 3 rings (SSSR count). The molecule has 0 fully saturated rings. The number of carbonyl (C=O) groups is 2. The first-order valence-electron chi connectivity index (χ1n) is 10.2. The molecular weight excluding hydrogens is 430 g/mol. The van der Waals surface area contributed by atoms with Gasteiger partial charge in [0.1, 0.15) is 5.75 Å². The summed E-state index contributed by atoms with van der Waals surface area (Å²) in [6.07, 6.45) is 0. The van der Waals surface area contributed by atoms with E-state index in [2.05, 4.69) is 10.9 Å². The Morgan fingerprint density at radius 1 is 0.906 bits per heavy atom. The Kier molecular flexibility index (Phi) is 7.45. The minimum atomic E-state index is -3.70. The van der Waals surface area contributed by atoms with Crippen molar-refractivity contribution in [3.8, 4) is 5.75 Å². The predicted octanol–water partition coefficient (Wildman–Crippen LogP) is 2.71. The number of nitrogens with zero attached hydrogens (tertiary/aromatic N) is 1. The first kappa shape index (κ1) is 23.2. The van der Waals surface area contributed by atoms with Gasteiger partial charge < -0.3 is 4.74 Å². The van der Waals surface area contributed by atoms with E-state index >= 15 is 0 Å². The number of hydrogen-bond acceptors (Lipinski definition) is 5. The predicted molar refractivity (Wildman–Crippen MR) is 122 cm³/mol. The van der Waals surface area contributed by atoms with Crippen LogP contribution in [0.1, 0.15) is 24.2 Å². The largest absolute Gasteiger partial charge is 0.483 e. The molecule has 0 heterocycles. The zero-order valence-corrected chi connectivity index (χ0v) is 18.7. The van der Waals surface area contributed by atoms with Gasteiger partial charge in [0.2, 0.25) is 10.0 Å². The van der Waals surface area contributed by atoms with Crippen LogP contribution in [0.25, 0.3) is 10.8 Å². The average Bonchev–Trinajstić information content (AvgIpc) is 2.81. The lowest BCUT2D eigenvalue weighted by Gasteiger charge is -2.18. The maximum Gasteiger partial charge on any atom is 0.276 e. The molecule has 3 aromatic rings. The van der Waals surface area contributed by atoms with Crippen LogP contribution in [0, 0.1) is 0 Å². The molecule has 0 aliphatic heterocycles. The number of benzene rings is 3. The van der Waals surface area contributed by atoms with Gasteiger partial charge in [0.15, 0.2) is 6.61 Å². The number of hydrogen-bond donors (Lipinski definition) is 2. The van der Waals surface area contributed by atoms with Crippen molar-refractivity contribution in [1.29, 1.82) is 0 Å².